The zero-order chi connectivity index (χ0) is 11.0. The van der Waals surface area contributed by atoms with Crippen molar-refractivity contribution in [3.8, 4) is 0 Å². The number of hydrogen-bond acceptors (Lipinski definition) is 3. The quantitative estimate of drug-likeness (QED) is 0.410. The zero-order valence-corrected chi connectivity index (χ0v) is 9.79. The van der Waals surface area contributed by atoms with Gasteiger partial charge in [-0.25, -0.2) is 4.31 Å². The number of nitrogens with zero attached hydrogens (tertiary/aromatic N) is 1. The number of carbonyl (C=O) groups is 2. The van der Waals surface area contributed by atoms with Gasteiger partial charge in [-0.2, -0.15) is 0 Å². The molecule has 0 spiro atoms. The second-order valence-corrected chi connectivity index (χ2v) is 5.80. The van der Waals surface area contributed by atoms with Crippen LogP contribution in [0.5, 0.6) is 0 Å². The van der Waals surface area contributed by atoms with Crippen LogP contribution < -0.4 is 0 Å². The molecule has 0 aromatic rings. The van der Waals surface area contributed by atoms with Crippen molar-refractivity contribution in [1.82, 2.24) is 4.31 Å². The van der Waals surface area contributed by atoms with E-state index in [0.29, 0.717) is 0 Å². The van der Waals surface area contributed by atoms with E-state index in [0.717, 1.165) is 12.8 Å². The highest BCUT2D eigenvalue weighted by Gasteiger charge is 2.47. The molecule has 1 heterocycles. The summed E-state index contributed by atoms with van der Waals surface area (Å²) >= 11 is 1.35. The molecule has 0 aromatic carbocycles. The predicted octanol–water partition coefficient (Wildman–Crippen LogP) is 1.99. The number of allylic oxidation sites excluding steroid dienone is 2. The molecule has 0 N–H and O–H groups in total. The van der Waals surface area contributed by atoms with Gasteiger partial charge in [0.15, 0.2) is 0 Å². The molecule has 3 nitrogen and oxygen atoms in total. The van der Waals surface area contributed by atoms with Crippen molar-refractivity contribution < 1.29 is 9.59 Å². The van der Waals surface area contributed by atoms with E-state index in [2.05, 4.69) is 0 Å². The van der Waals surface area contributed by atoms with Crippen LogP contribution in [-0.4, -0.2) is 21.4 Å². The van der Waals surface area contributed by atoms with Gasteiger partial charge >= 0.3 is 0 Å². The normalized spacial score (nSPS) is 30.2. The van der Waals surface area contributed by atoms with Gasteiger partial charge < -0.3 is 0 Å². The van der Waals surface area contributed by atoms with E-state index in [4.69, 9.17) is 0 Å². The Labute approximate surface area is 94.0 Å². The molecule has 4 heteroatoms. The molecule has 2 aliphatic rings. The van der Waals surface area contributed by atoms with Crippen molar-refractivity contribution in [3.05, 3.63) is 12.2 Å². The minimum Gasteiger partial charge on any atom is -0.273 e. The van der Waals surface area contributed by atoms with E-state index < -0.39 is 0 Å². The van der Waals surface area contributed by atoms with Gasteiger partial charge in [0.25, 0.3) is 0 Å². The molecule has 1 fully saturated rings. The standard InChI is InChI=1S/C11H15NO2S/c1-7(2)15-12-10(13)8-5-3-4-6-9(8)11(12)14/h3-4,7-9H,5-6H2,1-2H3. The molecule has 0 radical (unpaired) electrons. The molecule has 15 heavy (non-hydrogen) atoms. The van der Waals surface area contributed by atoms with Crippen LogP contribution in [0, 0.1) is 11.8 Å². The smallest absolute Gasteiger partial charge is 0.243 e. The molecular formula is C11H15NO2S. The third-order valence-electron chi connectivity index (χ3n) is 2.78. The molecule has 82 valence electrons. The number of imide groups is 1. The van der Waals surface area contributed by atoms with Gasteiger partial charge in [-0.1, -0.05) is 26.0 Å². The first-order valence-electron chi connectivity index (χ1n) is 5.31. The van der Waals surface area contributed by atoms with Crippen LogP contribution in [0.2, 0.25) is 0 Å². The predicted molar refractivity (Wildman–Crippen MR) is 59.9 cm³/mol. The lowest BCUT2D eigenvalue weighted by Gasteiger charge is -2.15. The molecule has 2 amide bonds. The zero-order valence-electron chi connectivity index (χ0n) is 8.97. The molecule has 2 rings (SSSR count). The lowest BCUT2D eigenvalue weighted by molar-refractivity contribution is -0.133. The third kappa shape index (κ3) is 1.83. The lowest BCUT2D eigenvalue weighted by atomic mass is 9.85. The molecule has 2 atom stereocenters. The average molecular weight is 225 g/mol. The highest BCUT2D eigenvalue weighted by molar-refractivity contribution is 7.98. The summed E-state index contributed by atoms with van der Waals surface area (Å²) in [5.74, 6) is -0.163. The Balaban J connectivity index is 2.17. The second-order valence-electron chi connectivity index (χ2n) is 4.28. The highest BCUT2D eigenvalue weighted by Crippen LogP contribution is 2.38. The van der Waals surface area contributed by atoms with Gasteiger partial charge in [0.1, 0.15) is 0 Å². The van der Waals surface area contributed by atoms with Crippen LogP contribution >= 0.6 is 11.9 Å². The largest absolute Gasteiger partial charge is 0.273 e. The topological polar surface area (TPSA) is 37.4 Å². The van der Waals surface area contributed by atoms with E-state index >= 15 is 0 Å². The number of amides is 2. The Bertz CT molecular complexity index is 299. The number of rotatable bonds is 2. The van der Waals surface area contributed by atoms with Crippen molar-refractivity contribution in [3.63, 3.8) is 0 Å². The van der Waals surface area contributed by atoms with Crippen LogP contribution in [0.25, 0.3) is 0 Å². The van der Waals surface area contributed by atoms with Crippen molar-refractivity contribution >= 4 is 23.8 Å². The Hall–Kier alpha value is -0.770. The van der Waals surface area contributed by atoms with Crippen LogP contribution in [0.15, 0.2) is 12.2 Å². The maximum Gasteiger partial charge on any atom is 0.243 e. The Morgan fingerprint density at radius 2 is 1.67 bits per heavy atom. The van der Waals surface area contributed by atoms with Gasteiger partial charge in [-0.05, 0) is 24.8 Å². The minimum absolute atomic E-state index is 0.00745. The van der Waals surface area contributed by atoms with Crippen molar-refractivity contribution in [2.45, 2.75) is 31.9 Å². The monoisotopic (exact) mass is 225 g/mol. The molecule has 1 saturated heterocycles. The van der Waals surface area contributed by atoms with E-state index in [1.807, 2.05) is 26.0 Å². The summed E-state index contributed by atoms with van der Waals surface area (Å²) < 4.78 is 1.38. The molecule has 0 saturated carbocycles. The van der Waals surface area contributed by atoms with Gasteiger partial charge in [0.2, 0.25) is 11.8 Å². The SMILES string of the molecule is CC(C)SN1C(=O)C2CC=CCC2C1=O. The van der Waals surface area contributed by atoms with Crippen LogP contribution in [0.3, 0.4) is 0 Å². The number of carbonyl (C=O) groups excluding carboxylic acids is 2. The summed E-state index contributed by atoms with van der Waals surface area (Å²) in [4.78, 5) is 23.9. The van der Waals surface area contributed by atoms with Gasteiger partial charge in [-0.3, -0.25) is 9.59 Å². The summed E-state index contributed by atoms with van der Waals surface area (Å²) in [5.41, 5.74) is 0. The molecule has 0 aromatic heterocycles. The van der Waals surface area contributed by atoms with E-state index in [9.17, 15) is 9.59 Å². The summed E-state index contributed by atoms with van der Waals surface area (Å²) in [5, 5.41) is 0.269. The summed E-state index contributed by atoms with van der Waals surface area (Å²) in [6.07, 6.45) is 5.47. The molecule has 1 aliphatic heterocycles. The fourth-order valence-corrected chi connectivity index (χ4v) is 2.98. The summed E-state index contributed by atoms with van der Waals surface area (Å²) in [7, 11) is 0. The second kappa shape index (κ2) is 4.00. The van der Waals surface area contributed by atoms with Crippen LogP contribution in [-0.2, 0) is 9.59 Å². The highest BCUT2D eigenvalue weighted by atomic mass is 32.2. The van der Waals surface area contributed by atoms with Gasteiger partial charge in [0.05, 0.1) is 11.8 Å². The summed E-state index contributed by atoms with van der Waals surface area (Å²) in [6, 6.07) is 0. The third-order valence-corrected chi connectivity index (χ3v) is 3.78. The van der Waals surface area contributed by atoms with Gasteiger partial charge in [0, 0.05) is 5.25 Å². The number of fused-ring (bicyclic) bond motifs is 1. The van der Waals surface area contributed by atoms with Crippen molar-refractivity contribution in [2.75, 3.05) is 0 Å². The van der Waals surface area contributed by atoms with Crippen molar-refractivity contribution in [2.24, 2.45) is 11.8 Å². The van der Waals surface area contributed by atoms with Crippen molar-refractivity contribution in [1.29, 1.82) is 0 Å². The lowest BCUT2D eigenvalue weighted by Crippen LogP contribution is -2.25. The summed E-state index contributed by atoms with van der Waals surface area (Å²) in [6.45, 7) is 3.98. The molecule has 1 aliphatic carbocycles. The van der Waals surface area contributed by atoms with E-state index in [1.54, 1.807) is 0 Å². The first-order valence-corrected chi connectivity index (χ1v) is 6.14. The van der Waals surface area contributed by atoms with E-state index in [1.165, 1.54) is 16.3 Å². The average Bonchev–Trinajstić information content (AvgIpc) is 2.44. The first kappa shape index (κ1) is 10.7. The van der Waals surface area contributed by atoms with E-state index in [-0.39, 0.29) is 28.9 Å². The molecule has 0 bridgehead atoms. The molecular weight excluding hydrogens is 210 g/mol. The van der Waals surface area contributed by atoms with Crippen LogP contribution in [0.1, 0.15) is 26.7 Å². The maximum absolute atomic E-state index is 11.9. The maximum atomic E-state index is 11.9. The Morgan fingerprint density at radius 1 is 1.20 bits per heavy atom. The minimum atomic E-state index is -0.0891. The molecule has 2 unspecified atom stereocenters. The fourth-order valence-electron chi connectivity index (χ4n) is 2.08. The van der Waals surface area contributed by atoms with Crippen LogP contribution in [0.4, 0.5) is 0 Å². The van der Waals surface area contributed by atoms with Gasteiger partial charge in [-0.15, -0.1) is 0 Å². The Morgan fingerprint density at radius 3 is 2.07 bits per heavy atom. The fraction of sp³-hybridized carbons (Fsp3) is 0.636. The number of hydrogen-bond donors (Lipinski definition) is 0. The first-order chi connectivity index (χ1) is 7.11. The Kier molecular flexibility index (Phi) is 2.87.